The van der Waals surface area contributed by atoms with Crippen LogP contribution in [0.15, 0.2) is 32.7 Å². The molecule has 2 rings (SSSR count). The SMILES string of the molecule is CNC(Cc1ccc(C)cn1)c1cc(Br)c(Br)s1. The lowest BCUT2D eigenvalue weighted by Crippen LogP contribution is -2.18. The first-order valence-corrected chi connectivity index (χ1v) is 8.04. The van der Waals surface area contributed by atoms with Crippen molar-refractivity contribution in [2.24, 2.45) is 0 Å². The molecule has 0 radical (unpaired) electrons. The molecule has 2 aromatic heterocycles. The second kappa shape index (κ2) is 6.28. The van der Waals surface area contributed by atoms with Gasteiger partial charge in [0, 0.05) is 33.7 Å². The summed E-state index contributed by atoms with van der Waals surface area (Å²) in [6, 6.07) is 6.66. The van der Waals surface area contributed by atoms with Gasteiger partial charge >= 0.3 is 0 Å². The number of nitrogens with zero attached hydrogens (tertiary/aromatic N) is 1. The van der Waals surface area contributed by atoms with Crippen LogP contribution < -0.4 is 5.32 Å². The molecule has 18 heavy (non-hydrogen) atoms. The number of pyridine rings is 1. The molecule has 1 atom stereocenters. The molecule has 2 heterocycles. The molecule has 0 aromatic carbocycles. The Morgan fingerprint density at radius 2 is 2.17 bits per heavy atom. The number of hydrogen-bond donors (Lipinski definition) is 1. The van der Waals surface area contributed by atoms with Crippen molar-refractivity contribution < 1.29 is 0 Å². The Balaban J connectivity index is 2.16. The number of rotatable bonds is 4. The van der Waals surface area contributed by atoms with Crippen LogP contribution in [0.4, 0.5) is 0 Å². The van der Waals surface area contributed by atoms with Gasteiger partial charge in [0.1, 0.15) is 0 Å². The Morgan fingerprint density at radius 1 is 1.39 bits per heavy atom. The first-order valence-electron chi connectivity index (χ1n) is 5.63. The minimum atomic E-state index is 0.299. The van der Waals surface area contributed by atoms with Crippen molar-refractivity contribution in [2.75, 3.05) is 7.05 Å². The van der Waals surface area contributed by atoms with Crippen molar-refractivity contribution in [2.45, 2.75) is 19.4 Å². The summed E-state index contributed by atoms with van der Waals surface area (Å²) in [5, 5.41) is 3.35. The van der Waals surface area contributed by atoms with Crippen LogP contribution in [0.25, 0.3) is 0 Å². The van der Waals surface area contributed by atoms with Gasteiger partial charge in [-0.3, -0.25) is 4.98 Å². The van der Waals surface area contributed by atoms with Crippen LogP contribution in [-0.4, -0.2) is 12.0 Å². The van der Waals surface area contributed by atoms with E-state index in [2.05, 4.69) is 67.3 Å². The third-order valence-corrected chi connectivity index (χ3v) is 6.11. The van der Waals surface area contributed by atoms with E-state index in [-0.39, 0.29) is 0 Å². The predicted octanol–water partition coefficient (Wildman–Crippen LogP) is 4.48. The zero-order valence-electron chi connectivity index (χ0n) is 10.2. The lowest BCUT2D eigenvalue weighted by Gasteiger charge is -2.13. The van der Waals surface area contributed by atoms with Gasteiger partial charge in [0.2, 0.25) is 0 Å². The molecule has 0 amide bonds. The van der Waals surface area contributed by atoms with Crippen LogP contribution in [0.3, 0.4) is 0 Å². The molecule has 0 saturated carbocycles. The Morgan fingerprint density at radius 3 is 2.67 bits per heavy atom. The summed E-state index contributed by atoms with van der Waals surface area (Å²) in [6.07, 6.45) is 2.82. The fourth-order valence-corrected chi connectivity index (χ4v) is 3.91. The molecule has 0 aliphatic carbocycles. The van der Waals surface area contributed by atoms with Crippen LogP contribution in [0, 0.1) is 6.92 Å². The van der Waals surface area contributed by atoms with Crippen LogP contribution in [0.1, 0.15) is 22.2 Å². The summed E-state index contributed by atoms with van der Waals surface area (Å²) >= 11 is 8.81. The molecule has 2 aromatic rings. The fraction of sp³-hybridized carbons (Fsp3) is 0.308. The maximum absolute atomic E-state index is 4.46. The highest BCUT2D eigenvalue weighted by Crippen LogP contribution is 2.36. The van der Waals surface area contributed by atoms with Crippen molar-refractivity contribution in [1.29, 1.82) is 0 Å². The minimum Gasteiger partial charge on any atom is -0.312 e. The van der Waals surface area contributed by atoms with Crippen molar-refractivity contribution in [3.63, 3.8) is 0 Å². The molecule has 2 nitrogen and oxygen atoms in total. The topological polar surface area (TPSA) is 24.9 Å². The van der Waals surface area contributed by atoms with E-state index >= 15 is 0 Å². The number of nitrogens with one attached hydrogen (secondary N) is 1. The van der Waals surface area contributed by atoms with Crippen molar-refractivity contribution >= 4 is 43.2 Å². The van der Waals surface area contributed by atoms with E-state index in [1.807, 2.05) is 13.2 Å². The molecule has 5 heteroatoms. The van der Waals surface area contributed by atoms with Gasteiger partial charge in [-0.05, 0) is 63.5 Å². The summed E-state index contributed by atoms with van der Waals surface area (Å²) in [4.78, 5) is 5.77. The van der Waals surface area contributed by atoms with Gasteiger partial charge in [0.25, 0.3) is 0 Å². The van der Waals surface area contributed by atoms with Crippen LogP contribution in [-0.2, 0) is 6.42 Å². The summed E-state index contributed by atoms with van der Waals surface area (Å²) in [5.41, 5.74) is 2.31. The van der Waals surface area contributed by atoms with Gasteiger partial charge in [0.05, 0.1) is 3.79 Å². The highest BCUT2D eigenvalue weighted by atomic mass is 79.9. The van der Waals surface area contributed by atoms with Crippen LogP contribution >= 0.6 is 43.2 Å². The van der Waals surface area contributed by atoms with E-state index in [4.69, 9.17) is 0 Å². The average Bonchev–Trinajstić information content (AvgIpc) is 2.69. The lowest BCUT2D eigenvalue weighted by molar-refractivity contribution is 0.594. The molecule has 0 fully saturated rings. The van der Waals surface area contributed by atoms with E-state index in [0.717, 1.165) is 20.4 Å². The number of halogens is 2. The Kier molecular flexibility index (Phi) is 4.95. The standard InChI is InChI=1S/C13H14Br2N2S/c1-8-3-4-9(17-7-8)5-11(16-2)12-6-10(14)13(15)18-12/h3-4,6-7,11,16H,5H2,1-2H3. The number of likely N-dealkylation sites (N-methyl/N-ethyl adjacent to an activating group) is 1. The normalized spacial score (nSPS) is 12.7. The Bertz CT molecular complexity index is 503. The van der Waals surface area contributed by atoms with E-state index in [9.17, 15) is 0 Å². The van der Waals surface area contributed by atoms with Gasteiger partial charge in [0.15, 0.2) is 0 Å². The minimum absolute atomic E-state index is 0.299. The summed E-state index contributed by atoms with van der Waals surface area (Å²) in [7, 11) is 1.99. The number of aromatic nitrogens is 1. The van der Waals surface area contributed by atoms with Gasteiger partial charge in [-0.2, -0.15) is 0 Å². The number of aryl methyl sites for hydroxylation is 1. The summed E-state index contributed by atoms with van der Waals surface area (Å²) < 4.78 is 2.24. The molecule has 0 aliphatic rings. The lowest BCUT2D eigenvalue weighted by atomic mass is 10.1. The van der Waals surface area contributed by atoms with Gasteiger partial charge in [-0.15, -0.1) is 11.3 Å². The Hall–Kier alpha value is -0.230. The zero-order valence-corrected chi connectivity index (χ0v) is 14.2. The van der Waals surface area contributed by atoms with Crippen molar-refractivity contribution in [1.82, 2.24) is 10.3 Å². The van der Waals surface area contributed by atoms with Crippen molar-refractivity contribution in [3.05, 3.63) is 48.8 Å². The number of hydrogen-bond acceptors (Lipinski definition) is 3. The molecular weight excluding hydrogens is 376 g/mol. The Labute approximate surface area is 128 Å². The first-order chi connectivity index (χ1) is 8.60. The number of thiophene rings is 1. The monoisotopic (exact) mass is 388 g/mol. The smallest absolute Gasteiger partial charge is 0.0843 e. The van der Waals surface area contributed by atoms with Crippen LogP contribution in [0.2, 0.25) is 0 Å². The predicted molar refractivity (Wildman–Crippen MR) is 84.2 cm³/mol. The molecule has 0 spiro atoms. The highest BCUT2D eigenvalue weighted by Gasteiger charge is 2.15. The maximum atomic E-state index is 4.46. The van der Waals surface area contributed by atoms with Gasteiger partial charge in [-0.1, -0.05) is 6.07 Å². The zero-order chi connectivity index (χ0) is 13.1. The van der Waals surface area contributed by atoms with E-state index in [1.165, 1.54) is 10.4 Å². The maximum Gasteiger partial charge on any atom is 0.0843 e. The van der Waals surface area contributed by atoms with Gasteiger partial charge < -0.3 is 5.32 Å². The average molecular weight is 390 g/mol. The largest absolute Gasteiger partial charge is 0.312 e. The van der Waals surface area contributed by atoms with E-state index in [0.29, 0.717) is 6.04 Å². The molecule has 96 valence electrons. The third-order valence-electron chi connectivity index (χ3n) is 2.74. The summed E-state index contributed by atoms with van der Waals surface area (Å²) in [6.45, 7) is 2.06. The molecule has 0 aliphatic heterocycles. The van der Waals surface area contributed by atoms with E-state index in [1.54, 1.807) is 11.3 Å². The molecule has 1 N–H and O–H groups in total. The van der Waals surface area contributed by atoms with Gasteiger partial charge in [-0.25, -0.2) is 0 Å². The first kappa shape index (κ1) is 14.2. The quantitative estimate of drug-likeness (QED) is 0.833. The van der Waals surface area contributed by atoms with E-state index < -0.39 is 0 Å². The molecule has 0 bridgehead atoms. The molecule has 1 unspecified atom stereocenters. The summed E-state index contributed by atoms with van der Waals surface area (Å²) in [5.74, 6) is 0. The molecular formula is C13H14Br2N2S. The van der Waals surface area contributed by atoms with Crippen LogP contribution in [0.5, 0.6) is 0 Å². The van der Waals surface area contributed by atoms with Crippen molar-refractivity contribution in [3.8, 4) is 0 Å². The third kappa shape index (κ3) is 3.41. The fourth-order valence-electron chi connectivity index (χ4n) is 1.71. The highest BCUT2D eigenvalue weighted by molar-refractivity contribution is 9.13. The second-order valence-electron chi connectivity index (χ2n) is 4.14. The second-order valence-corrected chi connectivity index (χ2v) is 7.40. The molecule has 0 saturated heterocycles.